The normalized spacial score (nSPS) is 11.0. The fourth-order valence-corrected chi connectivity index (χ4v) is 2.81. The van der Waals surface area contributed by atoms with Gasteiger partial charge in [-0.05, 0) is 25.7 Å². The van der Waals surface area contributed by atoms with E-state index in [2.05, 4.69) is 46.1 Å². The van der Waals surface area contributed by atoms with Crippen LogP contribution in [0.25, 0.3) is 0 Å². The van der Waals surface area contributed by atoms with Gasteiger partial charge in [-0.1, -0.05) is 19.4 Å². The molecule has 1 aromatic heterocycles. The van der Waals surface area contributed by atoms with E-state index in [9.17, 15) is 0 Å². The standard InChI is InChI=1S/C16H28N4S.HI/c1-5-7-8-9-10-11-20(4)16(17-3)18-12-14-13-21-15(6-2)19-14;/h5,13H,1,6-12H2,2-4H3,(H,17,18);1H. The van der Waals surface area contributed by atoms with Crippen LogP contribution in [0.2, 0.25) is 0 Å². The Labute approximate surface area is 156 Å². The highest BCUT2D eigenvalue weighted by molar-refractivity contribution is 14.0. The highest BCUT2D eigenvalue weighted by atomic mass is 127. The molecule has 0 radical (unpaired) electrons. The Morgan fingerprint density at radius 2 is 2.23 bits per heavy atom. The van der Waals surface area contributed by atoms with Crippen LogP contribution in [-0.2, 0) is 13.0 Å². The van der Waals surface area contributed by atoms with Gasteiger partial charge in [-0.15, -0.1) is 41.9 Å². The molecular formula is C16H29IN4S. The van der Waals surface area contributed by atoms with Crippen molar-refractivity contribution in [2.45, 2.75) is 45.6 Å². The SMILES string of the molecule is C=CCCCCCN(C)C(=NC)NCc1csc(CC)n1.I. The summed E-state index contributed by atoms with van der Waals surface area (Å²) < 4.78 is 0. The Balaban J connectivity index is 0.00000441. The van der Waals surface area contributed by atoms with Gasteiger partial charge in [0.15, 0.2) is 5.96 Å². The summed E-state index contributed by atoms with van der Waals surface area (Å²) in [5.74, 6) is 0.935. The molecule has 0 aliphatic carbocycles. The van der Waals surface area contributed by atoms with Crippen molar-refractivity contribution in [3.05, 3.63) is 28.7 Å². The average molecular weight is 436 g/mol. The summed E-state index contributed by atoms with van der Waals surface area (Å²) in [6.45, 7) is 7.65. The predicted molar refractivity (Wildman–Crippen MR) is 108 cm³/mol. The number of rotatable bonds is 9. The van der Waals surface area contributed by atoms with Gasteiger partial charge < -0.3 is 10.2 Å². The molecule has 0 aromatic carbocycles. The molecule has 4 nitrogen and oxygen atoms in total. The lowest BCUT2D eigenvalue weighted by Gasteiger charge is -2.21. The third kappa shape index (κ3) is 8.12. The van der Waals surface area contributed by atoms with Gasteiger partial charge >= 0.3 is 0 Å². The number of hydrogen-bond acceptors (Lipinski definition) is 3. The van der Waals surface area contributed by atoms with Gasteiger partial charge in [-0.2, -0.15) is 0 Å². The third-order valence-corrected chi connectivity index (χ3v) is 4.35. The number of allylic oxidation sites excluding steroid dienone is 1. The Bertz CT molecular complexity index is 445. The zero-order valence-electron chi connectivity index (χ0n) is 14.0. The molecule has 1 aromatic rings. The molecule has 0 amide bonds. The first kappa shape index (κ1) is 21.4. The van der Waals surface area contributed by atoms with Crippen molar-refractivity contribution >= 4 is 41.3 Å². The van der Waals surface area contributed by atoms with Gasteiger partial charge in [0.1, 0.15) is 0 Å². The topological polar surface area (TPSA) is 40.5 Å². The molecule has 0 bridgehead atoms. The van der Waals surface area contributed by atoms with Crippen molar-refractivity contribution in [3.8, 4) is 0 Å². The first-order valence-electron chi connectivity index (χ1n) is 7.67. The zero-order chi connectivity index (χ0) is 15.5. The molecule has 0 fully saturated rings. The van der Waals surface area contributed by atoms with Crippen LogP contribution in [0.3, 0.4) is 0 Å². The number of nitrogens with one attached hydrogen (secondary N) is 1. The summed E-state index contributed by atoms with van der Waals surface area (Å²) in [4.78, 5) is 11.1. The van der Waals surface area contributed by atoms with Crippen molar-refractivity contribution in [3.63, 3.8) is 0 Å². The second kappa shape index (κ2) is 12.9. The summed E-state index contributed by atoms with van der Waals surface area (Å²) >= 11 is 1.73. The average Bonchev–Trinajstić information content (AvgIpc) is 2.95. The Morgan fingerprint density at radius 1 is 1.45 bits per heavy atom. The van der Waals surface area contributed by atoms with E-state index in [0.29, 0.717) is 0 Å². The molecule has 0 saturated heterocycles. The second-order valence-electron chi connectivity index (χ2n) is 5.05. The Kier molecular flexibility index (Phi) is 12.5. The maximum atomic E-state index is 4.56. The number of unbranched alkanes of at least 4 members (excludes halogenated alkanes) is 3. The van der Waals surface area contributed by atoms with E-state index in [1.54, 1.807) is 11.3 Å². The summed E-state index contributed by atoms with van der Waals surface area (Å²) in [6, 6.07) is 0. The van der Waals surface area contributed by atoms with E-state index in [-0.39, 0.29) is 24.0 Å². The molecule has 0 aliphatic heterocycles. The monoisotopic (exact) mass is 436 g/mol. The van der Waals surface area contributed by atoms with Crippen molar-refractivity contribution in [1.82, 2.24) is 15.2 Å². The van der Waals surface area contributed by atoms with Gasteiger partial charge in [0.2, 0.25) is 0 Å². The molecule has 1 heterocycles. The smallest absolute Gasteiger partial charge is 0.193 e. The lowest BCUT2D eigenvalue weighted by atomic mass is 10.2. The van der Waals surface area contributed by atoms with Crippen molar-refractivity contribution < 1.29 is 0 Å². The van der Waals surface area contributed by atoms with E-state index in [4.69, 9.17) is 0 Å². The zero-order valence-corrected chi connectivity index (χ0v) is 17.1. The lowest BCUT2D eigenvalue weighted by Crippen LogP contribution is -2.39. The maximum Gasteiger partial charge on any atom is 0.193 e. The van der Waals surface area contributed by atoms with E-state index in [1.807, 2.05) is 13.1 Å². The van der Waals surface area contributed by atoms with Crippen LogP contribution in [0.1, 0.15) is 43.3 Å². The first-order chi connectivity index (χ1) is 10.2. The van der Waals surface area contributed by atoms with Crippen LogP contribution in [-0.4, -0.2) is 36.5 Å². The number of aliphatic imine (C=N–C) groups is 1. The van der Waals surface area contributed by atoms with Crippen LogP contribution >= 0.6 is 35.3 Å². The summed E-state index contributed by atoms with van der Waals surface area (Å²) in [5, 5.41) is 6.69. The molecule has 1 N–H and O–H groups in total. The Hall–Kier alpha value is -0.630. The maximum absolute atomic E-state index is 4.56. The molecule has 1 rings (SSSR count). The van der Waals surface area contributed by atoms with Gasteiger partial charge in [-0.25, -0.2) is 4.98 Å². The van der Waals surface area contributed by atoms with Gasteiger partial charge in [0, 0.05) is 26.0 Å². The van der Waals surface area contributed by atoms with Gasteiger partial charge in [0.25, 0.3) is 0 Å². The number of thiazole rings is 1. The lowest BCUT2D eigenvalue weighted by molar-refractivity contribution is 0.455. The van der Waals surface area contributed by atoms with Crippen molar-refractivity contribution in [2.75, 3.05) is 20.6 Å². The van der Waals surface area contributed by atoms with Crippen molar-refractivity contribution in [2.24, 2.45) is 4.99 Å². The molecule has 0 atom stereocenters. The van der Waals surface area contributed by atoms with E-state index in [1.165, 1.54) is 24.3 Å². The quantitative estimate of drug-likeness (QED) is 0.209. The van der Waals surface area contributed by atoms with Crippen LogP contribution < -0.4 is 5.32 Å². The van der Waals surface area contributed by atoms with Crippen LogP contribution in [0.5, 0.6) is 0 Å². The minimum Gasteiger partial charge on any atom is -0.351 e. The second-order valence-corrected chi connectivity index (χ2v) is 5.99. The molecule has 0 saturated carbocycles. The summed E-state index contributed by atoms with van der Waals surface area (Å²) in [6.07, 6.45) is 7.75. The fourth-order valence-electron chi connectivity index (χ4n) is 2.07. The van der Waals surface area contributed by atoms with Crippen molar-refractivity contribution in [1.29, 1.82) is 0 Å². The highest BCUT2D eigenvalue weighted by Crippen LogP contribution is 2.10. The minimum atomic E-state index is 0. The molecule has 0 aliphatic rings. The predicted octanol–water partition coefficient (Wildman–Crippen LogP) is 4.08. The number of hydrogen-bond donors (Lipinski definition) is 1. The Morgan fingerprint density at radius 3 is 2.82 bits per heavy atom. The van der Waals surface area contributed by atoms with E-state index < -0.39 is 0 Å². The molecule has 0 unspecified atom stereocenters. The number of aryl methyl sites for hydroxylation is 1. The molecule has 22 heavy (non-hydrogen) atoms. The largest absolute Gasteiger partial charge is 0.351 e. The molecular weight excluding hydrogens is 407 g/mol. The third-order valence-electron chi connectivity index (χ3n) is 3.30. The highest BCUT2D eigenvalue weighted by Gasteiger charge is 2.06. The van der Waals surface area contributed by atoms with Crippen LogP contribution in [0.15, 0.2) is 23.0 Å². The van der Waals surface area contributed by atoms with Gasteiger partial charge in [0.05, 0.1) is 17.2 Å². The number of halogens is 1. The first-order valence-corrected chi connectivity index (χ1v) is 8.55. The molecule has 6 heteroatoms. The van der Waals surface area contributed by atoms with Crippen LogP contribution in [0, 0.1) is 0 Å². The van der Waals surface area contributed by atoms with Gasteiger partial charge in [-0.3, -0.25) is 4.99 Å². The molecule has 126 valence electrons. The number of guanidine groups is 1. The number of aromatic nitrogens is 1. The summed E-state index contributed by atoms with van der Waals surface area (Å²) in [5.41, 5.74) is 1.09. The summed E-state index contributed by atoms with van der Waals surface area (Å²) in [7, 11) is 3.91. The van der Waals surface area contributed by atoms with E-state index in [0.717, 1.165) is 37.6 Å². The number of nitrogens with zero attached hydrogens (tertiary/aromatic N) is 3. The fraction of sp³-hybridized carbons (Fsp3) is 0.625. The van der Waals surface area contributed by atoms with E-state index >= 15 is 0 Å². The minimum absolute atomic E-state index is 0. The molecule has 0 spiro atoms. The van der Waals surface area contributed by atoms with Crippen LogP contribution in [0.4, 0.5) is 0 Å².